The van der Waals surface area contributed by atoms with E-state index in [2.05, 4.69) is 10.3 Å². The molecular formula is C22H21FN4O. The van der Waals surface area contributed by atoms with Crippen molar-refractivity contribution in [3.05, 3.63) is 64.7 Å². The second-order valence-electron chi connectivity index (χ2n) is 7.57. The average molecular weight is 376 g/mol. The van der Waals surface area contributed by atoms with Gasteiger partial charge in [-0.25, -0.2) is 9.07 Å². The summed E-state index contributed by atoms with van der Waals surface area (Å²) in [6.07, 6.45) is 5.88. The number of hydrogen-bond acceptors (Lipinski definition) is 4. The summed E-state index contributed by atoms with van der Waals surface area (Å²) < 4.78 is 15.2. The second kappa shape index (κ2) is 6.86. The molecular weight excluding hydrogens is 355 g/mol. The molecule has 1 unspecified atom stereocenters. The zero-order valence-electron chi connectivity index (χ0n) is 15.4. The van der Waals surface area contributed by atoms with E-state index in [1.807, 2.05) is 28.9 Å². The molecule has 1 aromatic heterocycles. The molecule has 5 nitrogen and oxygen atoms in total. The largest absolute Gasteiger partial charge is 0.363 e. The number of halogens is 1. The zero-order valence-corrected chi connectivity index (χ0v) is 15.4. The van der Waals surface area contributed by atoms with Crippen LogP contribution in [0.1, 0.15) is 38.3 Å². The van der Waals surface area contributed by atoms with Gasteiger partial charge in [-0.3, -0.25) is 4.79 Å². The van der Waals surface area contributed by atoms with E-state index < -0.39 is 5.56 Å². The Labute approximate surface area is 162 Å². The molecule has 1 fully saturated rings. The van der Waals surface area contributed by atoms with E-state index >= 15 is 0 Å². The van der Waals surface area contributed by atoms with Crippen LogP contribution >= 0.6 is 0 Å². The summed E-state index contributed by atoms with van der Waals surface area (Å²) in [5.41, 5.74) is 2.31. The monoisotopic (exact) mass is 376 g/mol. The van der Waals surface area contributed by atoms with Gasteiger partial charge < -0.3 is 5.32 Å². The Morgan fingerprint density at radius 3 is 2.54 bits per heavy atom. The highest BCUT2D eigenvalue weighted by atomic mass is 19.1. The summed E-state index contributed by atoms with van der Waals surface area (Å²) in [4.78, 5) is 17.2. The number of fused-ring (bicyclic) bond motifs is 3. The highest BCUT2D eigenvalue weighted by Gasteiger charge is 2.32. The van der Waals surface area contributed by atoms with Crippen molar-refractivity contribution in [2.75, 3.05) is 5.32 Å². The van der Waals surface area contributed by atoms with Gasteiger partial charge in [0.15, 0.2) is 11.5 Å². The lowest BCUT2D eigenvalue weighted by molar-refractivity contribution is 0.253. The molecule has 0 bridgehead atoms. The van der Waals surface area contributed by atoms with Crippen molar-refractivity contribution in [3.63, 3.8) is 0 Å². The maximum Gasteiger partial charge on any atom is 0.300 e. The van der Waals surface area contributed by atoms with Gasteiger partial charge in [-0.1, -0.05) is 31.4 Å². The molecule has 2 aromatic carbocycles. The van der Waals surface area contributed by atoms with E-state index in [0.717, 1.165) is 24.1 Å². The Morgan fingerprint density at radius 1 is 1.00 bits per heavy atom. The molecule has 6 heteroatoms. The summed E-state index contributed by atoms with van der Waals surface area (Å²) in [6, 6.07) is 13.7. The summed E-state index contributed by atoms with van der Waals surface area (Å²) >= 11 is 0. The van der Waals surface area contributed by atoms with Gasteiger partial charge in [0.25, 0.3) is 5.56 Å². The molecule has 142 valence electrons. The van der Waals surface area contributed by atoms with Crippen molar-refractivity contribution in [1.29, 1.82) is 0 Å². The SMILES string of the molecule is O=c1nc2n(nc1-c1ccc(F)cc1)C(C1CCCCC1)Nc1ccccc1-2. The van der Waals surface area contributed by atoms with Gasteiger partial charge >= 0.3 is 0 Å². The molecule has 28 heavy (non-hydrogen) atoms. The fourth-order valence-electron chi connectivity index (χ4n) is 4.36. The van der Waals surface area contributed by atoms with Crippen LogP contribution in [0.15, 0.2) is 53.3 Å². The van der Waals surface area contributed by atoms with Gasteiger partial charge in [0, 0.05) is 16.8 Å². The molecule has 2 heterocycles. The van der Waals surface area contributed by atoms with E-state index in [1.165, 1.54) is 31.4 Å². The minimum Gasteiger partial charge on any atom is -0.363 e. The Balaban J connectivity index is 1.68. The smallest absolute Gasteiger partial charge is 0.300 e. The van der Waals surface area contributed by atoms with Crippen LogP contribution in [-0.4, -0.2) is 14.8 Å². The number of nitrogens with zero attached hydrogens (tertiary/aromatic N) is 3. The molecule has 1 saturated carbocycles. The summed E-state index contributed by atoms with van der Waals surface area (Å²) in [5.74, 6) is 0.685. The van der Waals surface area contributed by atoms with Gasteiger partial charge in [0.2, 0.25) is 0 Å². The highest BCUT2D eigenvalue weighted by Crippen LogP contribution is 2.40. The molecule has 1 aliphatic heterocycles. The van der Waals surface area contributed by atoms with Gasteiger partial charge in [-0.15, -0.1) is 0 Å². The Morgan fingerprint density at radius 2 is 1.75 bits per heavy atom. The molecule has 1 aliphatic carbocycles. The first-order chi connectivity index (χ1) is 13.7. The summed E-state index contributed by atoms with van der Waals surface area (Å²) in [5, 5.41) is 8.35. The first-order valence-corrected chi connectivity index (χ1v) is 9.83. The van der Waals surface area contributed by atoms with Crippen LogP contribution in [0, 0.1) is 11.7 Å². The lowest BCUT2D eigenvalue weighted by Crippen LogP contribution is -2.36. The second-order valence-corrected chi connectivity index (χ2v) is 7.57. The third-order valence-electron chi connectivity index (χ3n) is 5.78. The molecule has 1 N–H and O–H groups in total. The topological polar surface area (TPSA) is 59.8 Å². The molecule has 0 saturated heterocycles. The van der Waals surface area contributed by atoms with Gasteiger partial charge in [0.1, 0.15) is 12.0 Å². The van der Waals surface area contributed by atoms with Crippen LogP contribution in [0.4, 0.5) is 10.1 Å². The van der Waals surface area contributed by atoms with Crippen molar-refractivity contribution >= 4 is 5.69 Å². The average Bonchev–Trinajstić information content (AvgIpc) is 2.74. The predicted molar refractivity (Wildman–Crippen MR) is 106 cm³/mol. The van der Waals surface area contributed by atoms with Gasteiger partial charge in [0.05, 0.1) is 0 Å². The quantitative estimate of drug-likeness (QED) is 0.709. The standard InChI is InChI=1S/C22H21FN4O/c23-16-12-10-14(11-13-16)19-22(28)25-21-17-8-4-5-9-18(17)24-20(27(21)26-19)15-6-2-1-3-7-15/h4-5,8-13,15,20,24H,1-3,6-7H2. The van der Waals surface area contributed by atoms with Crippen LogP contribution in [0.5, 0.6) is 0 Å². The van der Waals surface area contributed by atoms with Crippen molar-refractivity contribution in [2.45, 2.75) is 38.3 Å². The van der Waals surface area contributed by atoms with E-state index in [9.17, 15) is 9.18 Å². The molecule has 0 amide bonds. The third-order valence-corrected chi connectivity index (χ3v) is 5.78. The fraction of sp³-hybridized carbons (Fsp3) is 0.318. The molecule has 3 aromatic rings. The number of hydrogen-bond donors (Lipinski definition) is 1. The molecule has 1 atom stereocenters. The van der Waals surface area contributed by atoms with Crippen molar-refractivity contribution in [3.8, 4) is 22.6 Å². The third kappa shape index (κ3) is 2.89. The number of nitrogens with one attached hydrogen (secondary N) is 1. The first kappa shape index (κ1) is 17.1. The van der Waals surface area contributed by atoms with Crippen molar-refractivity contribution in [2.24, 2.45) is 5.92 Å². The minimum absolute atomic E-state index is 0.0440. The lowest BCUT2D eigenvalue weighted by atomic mass is 9.86. The van der Waals surface area contributed by atoms with Gasteiger partial charge in [-0.2, -0.15) is 10.1 Å². The number of rotatable bonds is 2. The molecule has 0 spiro atoms. The zero-order chi connectivity index (χ0) is 19.1. The minimum atomic E-state index is -0.392. The molecule has 5 rings (SSSR count). The fourth-order valence-corrected chi connectivity index (χ4v) is 4.36. The normalized spacial score (nSPS) is 18.8. The predicted octanol–water partition coefficient (Wildman–Crippen LogP) is 4.62. The van der Waals surface area contributed by atoms with Crippen LogP contribution in [0.2, 0.25) is 0 Å². The van der Waals surface area contributed by atoms with E-state index in [0.29, 0.717) is 17.3 Å². The van der Waals surface area contributed by atoms with Crippen LogP contribution in [0.3, 0.4) is 0 Å². The maximum atomic E-state index is 13.3. The Hall–Kier alpha value is -3.02. The number of benzene rings is 2. The first-order valence-electron chi connectivity index (χ1n) is 9.83. The Kier molecular flexibility index (Phi) is 4.19. The van der Waals surface area contributed by atoms with Crippen molar-refractivity contribution < 1.29 is 4.39 Å². The van der Waals surface area contributed by atoms with Gasteiger partial charge in [-0.05, 0) is 55.2 Å². The summed E-state index contributed by atoms with van der Waals surface area (Å²) in [7, 11) is 0. The van der Waals surface area contributed by atoms with E-state index in [1.54, 1.807) is 12.1 Å². The lowest BCUT2D eigenvalue weighted by Gasteiger charge is -2.37. The van der Waals surface area contributed by atoms with Crippen molar-refractivity contribution in [1.82, 2.24) is 14.8 Å². The Bertz CT molecular complexity index is 1070. The van der Waals surface area contributed by atoms with Crippen LogP contribution in [-0.2, 0) is 0 Å². The summed E-state index contributed by atoms with van der Waals surface area (Å²) in [6.45, 7) is 0. The van der Waals surface area contributed by atoms with Crippen LogP contribution < -0.4 is 10.9 Å². The molecule has 2 aliphatic rings. The van der Waals surface area contributed by atoms with E-state index in [-0.39, 0.29) is 17.7 Å². The highest BCUT2D eigenvalue weighted by molar-refractivity contribution is 5.76. The number of para-hydroxylation sites is 1. The van der Waals surface area contributed by atoms with E-state index in [4.69, 9.17) is 5.10 Å². The number of anilines is 1. The van der Waals surface area contributed by atoms with Crippen LogP contribution in [0.25, 0.3) is 22.6 Å². The molecule has 0 radical (unpaired) electrons. The maximum absolute atomic E-state index is 13.3. The number of aromatic nitrogens is 3.